The molecule has 4 heteroatoms. The second-order valence-electron chi connectivity index (χ2n) is 4.80. The van der Waals surface area contributed by atoms with Gasteiger partial charge in [0.25, 0.3) is 0 Å². The van der Waals surface area contributed by atoms with Gasteiger partial charge < -0.3 is 5.11 Å². The fourth-order valence-corrected chi connectivity index (χ4v) is 2.94. The van der Waals surface area contributed by atoms with Gasteiger partial charge in [0, 0.05) is 10.2 Å². The molecule has 0 unspecified atom stereocenters. The van der Waals surface area contributed by atoms with E-state index >= 15 is 0 Å². The molecule has 2 rings (SSSR count). The van der Waals surface area contributed by atoms with E-state index in [1.807, 2.05) is 29.8 Å². The summed E-state index contributed by atoms with van der Waals surface area (Å²) in [4.78, 5) is 0. The number of hydrogen-bond donors (Lipinski definition) is 1. The molecule has 0 fully saturated rings. The van der Waals surface area contributed by atoms with E-state index in [1.165, 1.54) is 11.3 Å². The van der Waals surface area contributed by atoms with Gasteiger partial charge in [0.05, 0.1) is 17.5 Å². The third-order valence-electron chi connectivity index (χ3n) is 3.48. The van der Waals surface area contributed by atoms with E-state index < -0.39 is 6.10 Å². The topological polar surface area (TPSA) is 38.0 Å². The van der Waals surface area contributed by atoms with Crippen molar-refractivity contribution >= 4 is 15.9 Å². The molecule has 1 N–H and O–H groups in total. The van der Waals surface area contributed by atoms with Crippen molar-refractivity contribution in [2.75, 3.05) is 0 Å². The molecule has 0 bridgehead atoms. The van der Waals surface area contributed by atoms with Crippen molar-refractivity contribution in [2.24, 2.45) is 0 Å². The molecule has 0 aliphatic rings. The monoisotopic (exact) mass is 322 g/mol. The Morgan fingerprint density at radius 3 is 2.53 bits per heavy atom. The minimum atomic E-state index is -0.461. The molecule has 1 aromatic carbocycles. The first-order valence-corrected chi connectivity index (χ1v) is 7.28. The van der Waals surface area contributed by atoms with Crippen molar-refractivity contribution in [1.82, 2.24) is 9.78 Å². The first kappa shape index (κ1) is 14.3. The molecule has 0 saturated heterocycles. The second-order valence-corrected chi connectivity index (χ2v) is 5.66. The zero-order valence-corrected chi connectivity index (χ0v) is 13.3. The number of aryl methyl sites for hydroxylation is 1. The quantitative estimate of drug-likeness (QED) is 0.931. The summed E-state index contributed by atoms with van der Waals surface area (Å²) in [6.07, 6.45) is 0.526. The molecule has 0 aliphatic carbocycles. The molecule has 102 valence electrons. The van der Waals surface area contributed by atoms with Crippen LogP contribution < -0.4 is 0 Å². The lowest BCUT2D eigenvalue weighted by molar-refractivity contribution is 0.199. The number of nitrogens with zero attached hydrogens (tertiary/aromatic N) is 2. The summed E-state index contributed by atoms with van der Waals surface area (Å²) in [5.74, 6) is 0. The highest BCUT2D eigenvalue weighted by Crippen LogP contribution is 2.27. The van der Waals surface area contributed by atoms with Crippen LogP contribution in [0.4, 0.5) is 0 Å². The van der Waals surface area contributed by atoms with Crippen molar-refractivity contribution in [3.05, 3.63) is 45.2 Å². The summed E-state index contributed by atoms with van der Waals surface area (Å²) in [5.41, 5.74) is 5.45. The van der Waals surface area contributed by atoms with Crippen LogP contribution in [0.15, 0.2) is 22.7 Å². The highest BCUT2D eigenvalue weighted by Gasteiger charge is 2.14. The Morgan fingerprint density at radius 1 is 1.37 bits per heavy atom. The molecule has 0 saturated carbocycles. The number of benzene rings is 1. The summed E-state index contributed by atoms with van der Waals surface area (Å²) in [6.45, 7) is 8.04. The minimum absolute atomic E-state index is 0.461. The van der Waals surface area contributed by atoms with Crippen LogP contribution in [0.5, 0.6) is 0 Å². The molecule has 1 aromatic heterocycles. The van der Waals surface area contributed by atoms with Gasteiger partial charge in [-0.25, -0.2) is 4.68 Å². The predicted molar refractivity (Wildman–Crippen MR) is 80.7 cm³/mol. The smallest absolute Gasteiger partial charge is 0.0791 e. The summed E-state index contributed by atoms with van der Waals surface area (Å²) in [7, 11) is 0. The van der Waals surface area contributed by atoms with Gasteiger partial charge in [-0.1, -0.05) is 13.0 Å². The average Bonchev–Trinajstić information content (AvgIpc) is 2.64. The van der Waals surface area contributed by atoms with Crippen molar-refractivity contribution in [2.45, 2.75) is 40.2 Å². The fraction of sp³-hybridized carbons (Fsp3) is 0.400. The highest BCUT2D eigenvalue weighted by atomic mass is 79.9. The average molecular weight is 323 g/mol. The molecule has 1 atom stereocenters. The maximum Gasteiger partial charge on any atom is 0.0791 e. The molecule has 19 heavy (non-hydrogen) atoms. The number of aromatic nitrogens is 2. The predicted octanol–water partition coefficient (Wildman–Crippen LogP) is 3.87. The summed E-state index contributed by atoms with van der Waals surface area (Å²) in [6, 6.07) is 5.87. The minimum Gasteiger partial charge on any atom is -0.389 e. The Hall–Kier alpha value is -1.13. The molecule has 0 amide bonds. The number of hydrogen-bond acceptors (Lipinski definition) is 2. The van der Waals surface area contributed by atoms with Crippen LogP contribution in [-0.4, -0.2) is 14.9 Å². The maximum absolute atomic E-state index is 9.61. The molecule has 1 heterocycles. The van der Waals surface area contributed by atoms with Gasteiger partial charge in [-0.15, -0.1) is 0 Å². The summed E-state index contributed by atoms with van der Waals surface area (Å²) >= 11 is 3.57. The molecule has 0 aliphatic heterocycles. The second kappa shape index (κ2) is 5.47. The van der Waals surface area contributed by atoms with Gasteiger partial charge in [-0.2, -0.15) is 5.10 Å². The van der Waals surface area contributed by atoms with Crippen LogP contribution in [0.25, 0.3) is 5.69 Å². The Bertz CT molecular complexity index is 602. The fourth-order valence-electron chi connectivity index (χ4n) is 2.38. The number of aliphatic hydroxyl groups is 1. The Morgan fingerprint density at radius 2 is 2.05 bits per heavy atom. The zero-order chi connectivity index (χ0) is 14.2. The highest BCUT2D eigenvalue weighted by molar-refractivity contribution is 9.10. The van der Waals surface area contributed by atoms with E-state index in [9.17, 15) is 5.11 Å². The number of aliphatic hydroxyl groups excluding tert-OH is 1. The van der Waals surface area contributed by atoms with Gasteiger partial charge in [-0.3, -0.25) is 0 Å². The van der Waals surface area contributed by atoms with E-state index in [0.717, 1.165) is 27.8 Å². The maximum atomic E-state index is 9.61. The zero-order valence-electron chi connectivity index (χ0n) is 11.7. The Labute approximate surface area is 122 Å². The van der Waals surface area contributed by atoms with Gasteiger partial charge in [0.15, 0.2) is 0 Å². The van der Waals surface area contributed by atoms with Crippen LogP contribution in [-0.2, 0) is 6.42 Å². The third-order valence-corrected chi connectivity index (χ3v) is 4.11. The lowest BCUT2D eigenvalue weighted by atomic mass is 10.1. The van der Waals surface area contributed by atoms with Crippen molar-refractivity contribution < 1.29 is 5.11 Å². The van der Waals surface area contributed by atoms with Gasteiger partial charge >= 0.3 is 0 Å². The molecule has 3 nitrogen and oxygen atoms in total. The normalized spacial score (nSPS) is 12.7. The molecular weight excluding hydrogens is 304 g/mol. The van der Waals surface area contributed by atoms with E-state index in [2.05, 4.69) is 34.9 Å². The lowest BCUT2D eigenvalue weighted by Gasteiger charge is -2.11. The molecule has 2 aromatic rings. The van der Waals surface area contributed by atoms with Crippen LogP contribution in [0.3, 0.4) is 0 Å². The Balaban J connectivity index is 2.54. The summed E-state index contributed by atoms with van der Waals surface area (Å²) in [5, 5.41) is 14.2. The standard InChI is InChI=1S/C15H19BrN2O/c1-5-13-9(2)17-18(10(13)3)15-7-6-12(11(4)19)8-14(15)16/h6-8,11,19H,5H2,1-4H3/t11-/m0/s1. The van der Waals surface area contributed by atoms with Gasteiger partial charge in [0.1, 0.15) is 0 Å². The SMILES string of the molecule is CCc1c(C)nn(-c2ccc([C@H](C)O)cc2Br)c1C. The van der Waals surface area contributed by atoms with Crippen molar-refractivity contribution in [1.29, 1.82) is 0 Å². The van der Waals surface area contributed by atoms with Gasteiger partial charge in [0.2, 0.25) is 0 Å². The van der Waals surface area contributed by atoms with Crippen LogP contribution in [0.1, 0.15) is 42.5 Å². The van der Waals surface area contributed by atoms with Crippen LogP contribution in [0, 0.1) is 13.8 Å². The number of halogens is 1. The van der Waals surface area contributed by atoms with E-state index in [4.69, 9.17) is 0 Å². The molecule has 0 spiro atoms. The van der Waals surface area contributed by atoms with Crippen molar-refractivity contribution in [3.63, 3.8) is 0 Å². The van der Waals surface area contributed by atoms with E-state index in [1.54, 1.807) is 6.92 Å². The Kier molecular flexibility index (Phi) is 4.11. The first-order chi connectivity index (χ1) is 8.95. The van der Waals surface area contributed by atoms with Crippen LogP contribution >= 0.6 is 15.9 Å². The van der Waals surface area contributed by atoms with E-state index in [-0.39, 0.29) is 0 Å². The molecule has 0 radical (unpaired) electrons. The summed E-state index contributed by atoms with van der Waals surface area (Å²) < 4.78 is 2.91. The van der Waals surface area contributed by atoms with Crippen LogP contribution in [0.2, 0.25) is 0 Å². The van der Waals surface area contributed by atoms with Crippen molar-refractivity contribution in [3.8, 4) is 5.69 Å². The molecular formula is C15H19BrN2O. The van der Waals surface area contributed by atoms with Gasteiger partial charge in [-0.05, 0) is 66.4 Å². The lowest BCUT2D eigenvalue weighted by Crippen LogP contribution is -2.02. The largest absolute Gasteiger partial charge is 0.389 e. The number of rotatable bonds is 3. The first-order valence-electron chi connectivity index (χ1n) is 6.48. The third kappa shape index (κ3) is 2.60. The van der Waals surface area contributed by atoms with E-state index in [0.29, 0.717) is 0 Å².